The lowest BCUT2D eigenvalue weighted by molar-refractivity contribution is -0.133. The zero-order valence-corrected chi connectivity index (χ0v) is 15.3. The first-order chi connectivity index (χ1) is 10.4. The first kappa shape index (κ1) is 18.2. The van der Waals surface area contributed by atoms with E-state index in [1.165, 1.54) is 0 Å². The third kappa shape index (κ3) is 3.69. The Labute approximate surface area is 138 Å². The van der Waals surface area contributed by atoms with Gasteiger partial charge in [0, 0.05) is 6.54 Å². The quantitative estimate of drug-likeness (QED) is 0.740. The molecule has 2 aliphatic rings. The summed E-state index contributed by atoms with van der Waals surface area (Å²) in [7, 11) is 0. The van der Waals surface area contributed by atoms with Crippen molar-refractivity contribution in [3.05, 3.63) is 0 Å². The molecule has 2 rings (SSSR count). The Bertz CT molecular complexity index is 492. The number of hydrogen-bond acceptors (Lipinski definition) is 5. The van der Waals surface area contributed by atoms with Crippen molar-refractivity contribution in [3.63, 3.8) is 0 Å². The maximum absolute atomic E-state index is 12.8. The maximum Gasteiger partial charge on any atom is 0.410 e. The predicted octanol–water partition coefficient (Wildman–Crippen LogP) is 2.40. The first-order valence-corrected chi connectivity index (χ1v) is 8.17. The molecule has 23 heavy (non-hydrogen) atoms. The summed E-state index contributed by atoms with van der Waals surface area (Å²) in [5, 5.41) is 0. The molecular weight excluding hydrogens is 298 g/mol. The molecule has 0 aromatic carbocycles. The molecule has 2 atom stereocenters. The summed E-state index contributed by atoms with van der Waals surface area (Å²) in [5.41, 5.74) is -2.09. The SMILES string of the molecule is CC(C)(C)OC(=O)N1CCOCC1C1C(=O)C(C)(C)OC1(C)C. The van der Waals surface area contributed by atoms with Crippen LogP contribution in [0.2, 0.25) is 0 Å². The number of ketones is 1. The van der Waals surface area contributed by atoms with Gasteiger partial charge in [0.1, 0.15) is 11.2 Å². The number of rotatable bonds is 1. The number of carbonyl (C=O) groups excluding carboxylic acids is 2. The molecule has 2 aliphatic heterocycles. The third-order valence-corrected chi connectivity index (χ3v) is 4.32. The molecule has 6 heteroatoms. The van der Waals surface area contributed by atoms with Crippen LogP contribution in [0.15, 0.2) is 0 Å². The van der Waals surface area contributed by atoms with Gasteiger partial charge in [-0.05, 0) is 48.5 Å². The molecule has 2 heterocycles. The van der Waals surface area contributed by atoms with Crippen LogP contribution in [0.4, 0.5) is 4.79 Å². The maximum atomic E-state index is 12.8. The molecule has 6 nitrogen and oxygen atoms in total. The predicted molar refractivity (Wildman–Crippen MR) is 85.3 cm³/mol. The van der Waals surface area contributed by atoms with E-state index in [1.807, 2.05) is 34.6 Å². The smallest absolute Gasteiger partial charge is 0.410 e. The summed E-state index contributed by atoms with van der Waals surface area (Å²) in [6.07, 6.45) is -0.404. The second-order valence-electron chi connectivity index (χ2n) is 8.37. The van der Waals surface area contributed by atoms with Gasteiger partial charge in [0.2, 0.25) is 0 Å². The number of ether oxygens (including phenoxy) is 3. The highest BCUT2D eigenvalue weighted by molar-refractivity contribution is 5.92. The van der Waals surface area contributed by atoms with E-state index in [4.69, 9.17) is 14.2 Å². The Morgan fingerprint density at radius 3 is 2.35 bits per heavy atom. The molecule has 1 amide bonds. The van der Waals surface area contributed by atoms with Crippen molar-refractivity contribution in [2.75, 3.05) is 19.8 Å². The van der Waals surface area contributed by atoms with Crippen molar-refractivity contribution in [2.24, 2.45) is 5.92 Å². The summed E-state index contributed by atoms with van der Waals surface area (Å²) in [6.45, 7) is 14.0. The molecule has 0 aromatic rings. The number of nitrogens with zero attached hydrogens (tertiary/aromatic N) is 1. The van der Waals surface area contributed by atoms with E-state index in [-0.39, 0.29) is 11.8 Å². The highest BCUT2D eigenvalue weighted by Crippen LogP contribution is 2.42. The number of amides is 1. The van der Waals surface area contributed by atoms with Gasteiger partial charge in [0.15, 0.2) is 5.78 Å². The Kier molecular flexibility index (Phi) is 4.54. The van der Waals surface area contributed by atoms with Crippen LogP contribution in [0.1, 0.15) is 48.5 Å². The van der Waals surface area contributed by atoms with Gasteiger partial charge in [0.05, 0.1) is 30.8 Å². The van der Waals surface area contributed by atoms with E-state index in [0.717, 1.165) is 0 Å². The van der Waals surface area contributed by atoms with Crippen LogP contribution in [0.3, 0.4) is 0 Å². The summed E-state index contributed by atoms with van der Waals surface area (Å²) >= 11 is 0. The standard InChI is InChI=1S/C17H29NO5/c1-15(2,3)22-14(20)18-8-9-21-10-11(18)12-13(19)17(6,7)23-16(12,4)5/h11-12H,8-10H2,1-7H3. The van der Waals surface area contributed by atoms with Crippen LogP contribution >= 0.6 is 0 Å². The van der Waals surface area contributed by atoms with E-state index in [9.17, 15) is 9.59 Å². The van der Waals surface area contributed by atoms with Crippen molar-refractivity contribution in [1.29, 1.82) is 0 Å². The number of morpholine rings is 1. The summed E-state index contributed by atoms with van der Waals surface area (Å²) in [6, 6.07) is -0.372. The minimum atomic E-state index is -0.856. The van der Waals surface area contributed by atoms with Gasteiger partial charge < -0.3 is 14.2 Å². The zero-order valence-electron chi connectivity index (χ0n) is 15.3. The second-order valence-corrected chi connectivity index (χ2v) is 8.37. The fourth-order valence-electron chi connectivity index (χ4n) is 3.55. The van der Waals surface area contributed by atoms with Crippen LogP contribution < -0.4 is 0 Å². The highest BCUT2D eigenvalue weighted by atomic mass is 16.6. The molecule has 0 saturated carbocycles. The van der Waals surface area contributed by atoms with Crippen LogP contribution in [-0.2, 0) is 19.0 Å². The van der Waals surface area contributed by atoms with Crippen LogP contribution in [-0.4, -0.2) is 59.4 Å². The fraction of sp³-hybridized carbons (Fsp3) is 0.882. The van der Waals surface area contributed by atoms with Crippen molar-refractivity contribution in [1.82, 2.24) is 4.90 Å². The van der Waals surface area contributed by atoms with Gasteiger partial charge >= 0.3 is 6.09 Å². The van der Waals surface area contributed by atoms with Crippen LogP contribution in [0, 0.1) is 5.92 Å². The molecule has 0 N–H and O–H groups in total. The second kappa shape index (κ2) is 5.74. The molecule has 2 unspecified atom stereocenters. The van der Waals surface area contributed by atoms with Crippen molar-refractivity contribution >= 4 is 11.9 Å². The molecule has 0 spiro atoms. The Morgan fingerprint density at radius 1 is 1.26 bits per heavy atom. The molecular formula is C17H29NO5. The Hall–Kier alpha value is -1.14. The molecule has 0 bridgehead atoms. The van der Waals surface area contributed by atoms with Crippen LogP contribution in [0.25, 0.3) is 0 Å². The van der Waals surface area contributed by atoms with E-state index in [0.29, 0.717) is 19.8 Å². The molecule has 0 aromatic heterocycles. The fourth-order valence-corrected chi connectivity index (χ4v) is 3.55. The van der Waals surface area contributed by atoms with E-state index >= 15 is 0 Å². The van der Waals surface area contributed by atoms with Gasteiger partial charge in [0.25, 0.3) is 0 Å². The van der Waals surface area contributed by atoms with Gasteiger partial charge in [-0.2, -0.15) is 0 Å². The van der Waals surface area contributed by atoms with Crippen LogP contribution in [0.5, 0.6) is 0 Å². The van der Waals surface area contributed by atoms with E-state index < -0.39 is 28.8 Å². The lowest BCUT2D eigenvalue weighted by Gasteiger charge is -2.41. The monoisotopic (exact) mass is 327 g/mol. The molecule has 0 radical (unpaired) electrons. The summed E-state index contributed by atoms with van der Waals surface area (Å²) < 4.78 is 17.0. The van der Waals surface area contributed by atoms with E-state index in [2.05, 4.69) is 0 Å². The Morgan fingerprint density at radius 2 is 1.87 bits per heavy atom. The minimum absolute atomic E-state index is 0.00607. The van der Waals surface area contributed by atoms with Crippen molar-refractivity contribution < 1.29 is 23.8 Å². The third-order valence-electron chi connectivity index (χ3n) is 4.32. The highest BCUT2D eigenvalue weighted by Gasteiger charge is 2.58. The van der Waals surface area contributed by atoms with Gasteiger partial charge in [-0.25, -0.2) is 4.79 Å². The van der Waals surface area contributed by atoms with Crippen molar-refractivity contribution in [3.8, 4) is 0 Å². The normalized spacial score (nSPS) is 30.4. The largest absolute Gasteiger partial charge is 0.444 e. The summed E-state index contributed by atoms with van der Waals surface area (Å²) in [5.74, 6) is -0.433. The average Bonchev–Trinajstić information content (AvgIpc) is 2.51. The van der Waals surface area contributed by atoms with Gasteiger partial charge in [-0.1, -0.05) is 0 Å². The lowest BCUT2D eigenvalue weighted by Crippen LogP contribution is -2.58. The average molecular weight is 327 g/mol. The van der Waals surface area contributed by atoms with Crippen molar-refractivity contribution in [2.45, 2.75) is 71.3 Å². The molecule has 2 fully saturated rings. The first-order valence-electron chi connectivity index (χ1n) is 8.17. The number of Topliss-reactive ketones (excluding diaryl/α,β-unsaturated/α-hetero) is 1. The number of hydrogen-bond donors (Lipinski definition) is 0. The minimum Gasteiger partial charge on any atom is -0.444 e. The van der Waals surface area contributed by atoms with Gasteiger partial charge in [-0.15, -0.1) is 0 Å². The number of carbonyl (C=O) groups is 2. The summed E-state index contributed by atoms with van der Waals surface area (Å²) in [4.78, 5) is 27.0. The topological polar surface area (TPSA) is 65.1 Å². The lowest BCUT2D eigenvalue weighted by atomic mass is 9.80. The molecule has 132 valence electrons. The van der Waals surface area contributed by atoms with Gasteiger partial charge in [-0.3, -0.25) is 9.69 Å². The zero-order chi connectivity index (χ0) is 17.6. The Balaban J connectivity index is 2.28. The molecule has 0 aliphatic carbocycles. The molecule has 2 saturated heterocycles. The van der Waals surface area contributed by atoms with E-state index in [1.54, 1.807) is 18.7 Å².